The summed E-state index contributed by atoms with van der Waals surface area (Å²) in [6.45, 7) is 6.49. The quantitative estimate of drug-likeness (QED) is 0.612. The molecule has 31 heavy (non-hydrogen) atoms. The number of nitrogens with zero attached hydrogens (tertiary/aromatic N) is 1. The van der Waals surface area contributed by atoms with Crippen LogP contribution in [0.15, 0.2) is 24.3 Å². The van der Waals surface area contributed by atoms with E-state index >= 15 is 0 Å². The second kappa shape index (κ2) is 7.69. The highest BCUT2D eigenvalue weighted by Crippen LogP contribution is 2.46. The molecule has 6 nitrogen and oxygen atoms in total. The van der Waals surface area contributed by atoms with Crippen LogP contribution < -0.4 is 9.47 Å². The van der Waals surface area contributed by atoms with E-state index in [0.717, 1.165) is 57.7 Å². The van der Waals surface area contributed by atoms with E-state index in [-0.39, 0.29) is 5.75 Å². The van der Waals surface area contributed by atoms with Crippen LogP contribution in [-0.2, 0) is 17.7 Å². The van der Waals surface area contributed by atoms with Crippen LogP contribution in [0.1, 0.15) is 32.7 Å². The number of benzene rings is 2. The molecular formula is C25H27NO5. The maximum atomic E-state index is 13.1. The van der Waals surface area contributed by atoms with Crippen molar-refractivity contribution in [2.24, 2.45) is 0 Å². The fourth-order valence-electron chi connectivity index (χ4n) is 4.63. The van der Waals surface area contributed by atoms with Crippen LogP contribution >= 0.6 is 0 Å². The number of aromatic hydroxyl groups is 1. The number of rotatable bonds is 4. The highest BCUT2D eigenvalue weighted by Gasteiger charge is 2.32. The van der Waals surface area contributed by atoms with Gasteiger partial charge in [0.15, 0.2) is 11.5 Å². The van der Waals surface area contributed by atoms with Crippen molar-refractivity contribution in [3.8, 4) is 39.6 Å². The molecule has 2 aromatic carbocycles. The van der Waals surface area contributed by atoms with Gasteiger partial charge < -0.3 is 23.9 Å². The largest absolute Gasteiger partial charge is 0.507 e. The summed E-state index contributed by atoms with van der Waals surface area (Å²) in [7, 11) is 4.62. The van der Waals surface area contributed by atoms with E-state index in [1.165, 1.54) is 7.11 Å². The summed E-state index contributed by atoms with van der Waals surface area (Å²) >= 11 is 0. The van der Waals surface area contributed by atoms with Crippen molar-refractivity contribution in [1.82, 2.24) is 4.57 Å². The van der Waals surface area contributed by atoms with E-state index < -0.39 is 5.97 Å². The number of carbonyl (C=O) groups excluding carboxylic acids is 1. The first kappa shape index (κ1) is 20.8. The Kier molecular flexibility index (Phi) is 5.17. The number of carbonyl (C=O) groups is 1. The topological polar surface area (TPSA) is 69.9 Å². The Morgan fingerprint density at radius 1 is 0.968 bits per heavy atom. The third kappa shape index (κ3) is 3.14. The van der Waals surface area contributed by atoms with E-state index in [1.807, 2.05) is 45.0 Å². The maximum Gasteiger partial charge on any atom is 0.340 e. The molecule has 0 atom stereocenters. The van der Waals surface area contributed by atoms with E-state index in [4.69, 9.17) is 14.2 Å². The summed E-state index contributed by atoms with van der Waals surface area (Å²) in [4.78, 5) is 13.1. The normalized spacial score (nSPS) is 12.2. The molecule has 6 heteroatoms. The van der Waals surface area contributed by atoms with Crippen LogP contribution in [0.4, 0.5) is 0 Å². The lowest BCUT2D eigenvalue weighted by molar-refractivity contribution is 0.0602. The number of esters is 1. The van der Waals surface area contributed by atoms with Gasteiger partial charge in [0, 0.05) is 23.4 Å². The van der Waals surface area contributed by atoms with Gasteiger partial charge in [0.2, 0.25) is 0 Å². The van der Waals surface area contributed by atoms with Gasteiger partial charge in [-0.2, -0.15) is 0 Å². The number of hydrogen-bond acceptors (Lipinski definition) is 5. The first-order valence-corrected chi connectivity index (χ1v) is 10.2. The minimum atomic E-state index is -0.391. The molecule has 1 aromatic heterocycles. The summed E-state index contributed by atoms with van der Waals surface area (Å²) in [6.07, 6.45) is 0.811. The second-order valence-corrected chi connectivity index (χ2v) is 7.90. The number of aromatic nitrogens is 1. The van der Waals surface area contributed by atoms with Crippen LogP contribution in [0.25, 0.3) is 22.4 Å². The third-order valence-corrected chi connectivity index (χ3v) is 6.16. The summed E-state index contributed by atoms with van der Waals surface area (Å²) < 4.78 is 18.4. The fraction of sp³-hybridized carbons (Fsp3) is 0.320. The van der Waals surface area contributed by atoms with Crippen LogP contribution in [0.5, 0.6) is 17.2 Å². The molecule has 1 N–H and O–H groups in total. The first-order valence-electron chi connectivity index (χ1n) is 10.2. The van der Waals surface area contributed by atoms with Crippen molar-refractivity contribution in [2.45, 2.75) is 33.7 Å². The number of phenolic OH excluding ortho intramolecular Hbond substituents is 1. The molecule has 0 radical (unpaired) electrons. The van der Waals surface area contributed by atoms with Crippen molar-refractivity contribution in [2.75, 3.05) is 21.3 Å². The SMILES string of the molecule is COC(=O)c1c(-c2cc(C)c(O)c(C)c2)c(C)n2c1-c1cc(OC)c(OC)cc1CC2. The van der Waals surface area contributed by atoms with Crippen LogP contribution in [0, 0.1) is 20.8 Å². The maximum absolute atomic E-state index is 13.1. The van der Waals surface area contributed by atoms with Gasteiger partial charge in [-0.1, -0.05) is 0 Å². The molecule has 1 aliphatic rings. The molecule has 0 unspecified atom stereocenters. The molecule has 162 valence electrons. The van der Waals surface area contributed by atoms with Gasteiger partial charge in [-0.15, -0.1) is 0 Å². The Balaban J connectivity index is 2.07. The second-order valence-electron chi connectivity index (χ2n) is 7.90. The zero-order valence-electron chi connectivity index (χ0n) is 18.8. The van der Waals surface area contributed by atoms with E-state index in [9.17, 15) is 9.90 Å². The molecule has 0 aliphatic carbocycles. The lowest BCUT2D eigenvalue weighted by Crippen LogP contribution is -2.14. The molecule has 0 spiro atoms. The van der Waals surface area contributed by atoms with Gasteiger partial charge in [0.1, 0.15) is 5.75 Å². The minimum absolute atomic E-state index is 0.271. The van der Waals surface area contributed by atoms with Crippen molar-refractivity contribution < 1.29 is 24.1 Å². The summed E-state index contributed by atoms with van der Waals surface area (Å²) in [5.74, 6) is 1.16. The molecule has 3 aromatic rings. The summed E-state index contributed by atoms with van der Waals surface area (Å²) in [5, 5.41) is 10.2. The van der Waals surface area contributed by atoms with E-state index in [2.05, 4.69) is 4.57 Å². The zero-order valence-corrected chi connectivity index (χ0v) is 18.8. The van der Waals surface area contributed by atoms with Crippen molar-refractivity contribution in [3.63, 3.8) is 0 Å². The number of ether oxygens (including phenoxy) is 3. The third-order valence-electron chi connectivity index (χ3n) is 6.16. The average molecular weight is 421 g/mol. The van der Waals surface area contributed by atoms with E-state index in [1.54, 1.807) is 14.2 Å². The minimum Gasteiger partial charge on any atom is -0.507 e. The molecule has 0 saturated heterocycles. The number of aryl methyl sites for hydroxylation is 3. The van der Waals surface area contributed by atoms with Gasteiger partial charge in [0.05, 0.1) is 32.6 Å². The number of fused-ring (bicyclic) bond motifs is 3. The molecular weight excluding hydrogens is 394 g/mol. The van der Waals surface area contributed by atoms with Crippen molar-refractivity contribution in [1.29, 1.82) is 0 Å². The Morgan fingerprint density at radius 2 is 1.58 bits per heavy atom. The molecule has 4 rings (SSSR count). The summed E-state index contributed by atoms with van der Waals surface area (Å²) in [6, 6.07) is 7.75. The van der Waals surface area contributed by atoms with Gasteiger partial charge in [-0.3, -0.25) is 0 Å². The predicted molar refractivity (Wildman–Crippen MR) is 119 cm³/mol. The average Bonchev–Trinajstić information content (AvgIpc) is 3.08. The fourth-order valence-corrected chi connectivity index (χ4v) is 4.63. The first-order chi connectivity index (χ1) is 14.8. The Hall–Kier alpha value is -3.41. The highest BCUT2D eigenvalue weighted by molar-refractivity contribution is 6.05. The smallest absolute Gasteiger partial charge is 0.340 e. The Bertz CT molecular complexity index is 1180. The predicted octanol–water partition coefficient (Wildman–Crippen LogP) is 4.81. The molecule has 0 saturated carbocycles. The highest BCUT2D eigenvalue weighted by atomic mass is 16.5. The van der Waals surface area contributed by atoms with E-state index in [0.29, 0.717) is 17.1 Å². The Morgan fingerprint density at radius 3 is 2.16 bits per heavy atom. The lowest BCUT2D eigenvalue weighted by atomic mass is 9.92. The molecule has 0 bridgehead atoms. The van der Waals surface area contributed by atoms with Crippen LogP contribution in [0.3, 0.4) is 0 Å². The van der Waals surface area contributed by atoms with Gasteiger partial charge >= 0.3 is 5.97 Å². The zero-order chi connectivity index (χ0) is 22.4. The van der Waals surface area contributed by atoms with Crippen molar-refractivity contribution in [3.05, 3.63) is 52.2 Å². The molecule has 1 aliphatic heterocycles. The Labute approximate surface area is 182 Å². The monoisotopic (exact) mass is 421 g/mol. The van der Waals surface area contributed by atoms with Crippen LogP contribution in [-0.4, -0.2) is 37.0 Å². The van der Waals surface area contributed by atoms with Gasteiger partial charge in [-0.25, -0.2) is 4.79 Å². The number of methoxy groups -OCH3 is 3. The molecule has 0 amide bonds. The number of phenols is 1. The van der Waals surface area contributed by atoms with Crippen molar-refractivity contribution >= 4 is 5.97 Å². The lowest BCUT2D eigenvalue weighted by Gasteiger charge is -2.23. The standard InChI is InChI=1S/C25H27NO5/c1-13-9-17(10-14(2)24(13)27)21-15(3)26-8-7-16-11-19(29-4)20(30-5)12-18(16)23(26)22(21)25(28)31-6/h9-12,27H,7-8H2,1-6H3. The number of hydrogen-bond donors (Lipinski definition) is 1. The van der Waals surface area contributed by atoms with Crippen LogP contribution in [0.2, 0.25) is 0 Å². The molecule has 0 fully saturated rings. The van der Waals surface area contributed by atoms with Gasteiger partial charge in [0.25, 0.3) is 0 Å². The summed E-state index contributed by atoms with van der Waals surface area (Å²) in [5.41, 5.74) is 7.61. The van der Waals surface area contributed by atoms with Gasteiger partial charge in [-0.05, 0) is 73.7 Å². The molecule has 2 heterocycles.